The molecule has 160 valence electrons. The molecule has 4 heteroatoms. The quantitative estimate of drug-likeness (QED) is 0.473. The van der Waals surface area contributed by atoms with E-state index in [1.807, 2.05) is 11.8 Å². The van der Waals surface area contributed by atoms with Crippen molar-refractivity contribution in [3.05, 3.63) is 91.0 Å². The molecule has 3 aromatic carbocycles. The van der Waals surface area contributed by atoms with Crippen LogP contribution in [0.2, 0.25) is 0 Å². The van der Waals surface area contributed by atoms with E-state index in [1.165, 1.54) is 28.8 Å². The second kappa shape index (κ2) is 9.22. The van der Waals surface area contributed by atoms with Crippen LogP contribution in [-0.2, 0) is 10.8 Å². The predicted molar refractivity (Wildman–Crippen MR) is 140 cm³/mol. The third-order valence-corrected chi connectivity index (χ3v) is 16.0. The first-order chi connectivity index (χ1) is 15.3. The van der Waals surface area contributed by atoms with Gasteiger partial charge in [-0.25, -0.2) is 0 Å². The molecule has 5 rings (SSSR count). The largest absolute Gasteiger partial charge is 0.258 e. The van der Waals surface area contributed by atoms with Crippen molar-refractivity contribution in [1.29, 1.82) is 0 Å². The number of benzene rings is 3. The Hall–Kier alpha value is -1.41. The molecule has 0 radical (unpaired) electrons. The van der Waals surface area contributed by atoms with Crippen molar-refractivity contribution in [1.82, 2.24) is 0 Å². The lowest BCUT2D eigenvalue weighted by Gasteiger charge is -2.45. The van der Waals surface area contributed by atoms with Gasteiger partial charge in [0.2, 0.25) is 0 Å². The molecule has 3 atom stereocenters. The van der Waals surface area contributed by atoms with Gasteiger partial charge in [0.15, 0.2) is 0 Å². The molecule has 1 spiro atoms. The van der Waals surface area contributed by atoms with Crippen LogP contribution in [0.4, 0.5) is 0 Å². The number of thioether (sulfide) groups is 1. The minimum Gasteiger partial charge on any atom is -0.258 e. The first-order valence-corrected chi connectivity index (χ1v) is 15.5. The topological polar surface area (TPSA) is 17.1 Å². The van der Waals surface area contributed by atoms with Gasteiger partial charge >= 0.3 is 0 Å². The zero-order valence-electron chi connectivity index (χ0n) is 17.9. The molecule has 0 bridgehead atoms. The van der Waals surface area contributed by atoms with Gasteiger partial charge in [-0.1, -0.05) is 54.6 Å². The zero-order valence-corrected chi connectivity index (χ0v) is 20.4. The summed E-state index contributed by atoms with van der Waals surface area (Å²) in [5.41, 5.74) is 0.517. The van der Waals surface area contributed by atoms with Crippen molar-refractivity contribution in [3.8, 4) is 0 Å². The van der Waals surface area contributed by atoms with Crippen molar-refractivity contribution in [3.63, 3.8) is 0 Å². The fraction of sp³-hybridized carbons (Fsp3) is 0.333. The van der Waals surface area contributed by atoms with Crippen LogP contribution in [-0.4, -0.2) is 25.5 Å². The molecule has 0 amide bonds. The smallest absolute Gasteiger partial charge is 0.115 e. The molecular weight excluding hydrogens is 435 g/mol. The highest BCUT2D eigenvalue weighted by Gasteiger charge is 2.57. The number of rotatable bonds is 4. The Kier molecular flexibility index (Phi) is 6.37. The molecule has 3 aromatic rings. The molecule has 1 heterocycles. The van der Waals surface area contributed by atoms with Gasteiger partial charge in [0.25, 0.3) is 0 Å². The average molecular weight is 466 g/mol. The van der Waals surface area contributed by atoms with Gasteiger partial charge in [-0.05, 0) is 67.8 Å². The Morgan fingerprint density at radius 1 is 0.774 bits per heavy atom. The standard InChI is InChI=1S/C27H30OPS2/c28-31-21-11-20-30-27(31)19-10-18-26(22-27)29(23-12-4-1-5-13-23,24-14-6-2-7-15-24)25-16-8-3-9-17-25/h1-9,12-17,26H,10-11,18-22H2/q+1. The summed E-state index contributed by atoms with van der Waals surface area (Å²) in [4.78, 5) is 0. The fourth-order valence-electron chi connectivity index (χ4n) is 5.61. The summed E-state index contributed by atoms with van der Waals surface area (Å²) in [7, 11) is -2.62. The summed E-state index contributed by atoms with van der Waals surface area (Å²) in [5.74, 6) is 2.04. The fourth-order valence-corrected chi connectivity index (χ4v) is 15.1. The van der Waals surface area contributed by atoms with E-state index >= 15 is 0 Å². The van der Waals surface area contributed by atoms with E-state index in [0.29, 0.717) is 5.66 Å². The molecule has 1 nitrogen and oxygen atoms in total. The van der Waals surface area contributed by atoms with E-state index < -0.39 is 18.1 Å². The molecule has 0 aromatic heterocycles. The second-order valence-corrected chi connectivity index (χ2v) is 16.0. The van der Waals surface area contributed by atoms with Gasteiger partial charge in [-0.15, -0.1) is 11.8 Å². The summed E-state index contributed by atoms with van der Waals surface area (Å²) in [6, 6.07) is 33.6. The molecule has 1 aliphatic carbocycles. The van der Waals surface area contributed by atoms with Crippen molar-refractivity contribution in [2.75, 3.05) is 11.5 Å². The maximum atomic E-state index is 13.4. The Morgan fingerprint density at radius 3 is 1.77 bits per heavy atom. The molecule has 1 saturated heterocycles. The van der Waals surface area contributed by atoms with Crippen LogP contribution in [0.25, 0.3) is 0 Å². The second-order valence-electron chi connectivity index (χ2n) is 8.64. The van der Waals surface area contributed by atoms with Gasteiger partial charge in [0.05, 0.1) is 9.74 Å². The van der Waals surface area contributed by atoms with Crippen LogP contribution >= 0.6 is 19.0 Å². The van der Waals surface area contributed by atoms with E-state index in [9.17, 15) is 4.21 Å². The van der Waals surface area contributed by atoms with E-state index in [0.717, 1.165) is 30.8 Å². The zero-order chi connectivity index (χ0) is 21.2. The lowest BCUT2D eigenvalue weighted by molar-refractivity contribution is 0.483. The highest BCUT2D eigenvalue weighted by atomic mass is 32.2. The summed E-state index contributed by atoms with van der Waals surface area (Å²) < 4.78 is 13.3. The van der Waals surface area contributed by atoms with E-state index in [2.05, 4.69) is 91.0 Å². The number of hydrogen-bond acceptors (Lipinski definition) is 2. The summed E-state index contributed by atoms with van der Waals surface area (Å²) in [6.07, 6.45) is 5.67. The Bertz CT molecular complexity index is 924. The minimum atomic E-state index is -1.90. The highest BCUT2D eigenvalue weighted by Crippen LogP contribution is 2.65. The lowest BCUT2D eigenvalue weighted by atomic mass is 9.99. The monoisotopic (exact) mass is 465 g/mol. The number of hydrogen-bond donors (Lipinski definition) is 0. The maximum absolute atomic E-state index is 13.4. The van der Waals surface area contributed by atoms with Crippen LogP contribution in [0.1, 0.15) is 32.1 Å². The van der Waals surface area contributed by atoms with Gasteiger partial charge in [0.1, 0.15) is 23.2 Å². The molecular formula is C27H30OPS2+. The Balaban J connectivity index is 1.73. The van der Waals surface area contributed by atoms with Crippen LogP contribution in [0.5, 0.6) is 0 Å². The molecule has 1 saturated carbocycles. The highest BCUT2D eigenvalue weighted by molar-refractivity contribution is 8.13. The SMILES string of the molecule is O=S1CCCSC12CCCC([P+](c1ccccc1)(c1ccccc1)c1ccccc1)C2. The molecule has 2 fully saturated rings. The van der Waals surface area contributed by atoms with Gasteiger partial charge in [-0.3, -0.25) is 4.21 Å². The van der Waals surface area contributed by atoms with Crippen molar-refractivity contribution in [2.24, 2.45) is 0 Å². The van der Waals surface area contributed by atoms with Gasteiger partial charge in [0, 0.05) is 23.0 Å². The van der Waals surface area contributed by atoms with Crippen LogP contribution in [0, 0.1) is 0 Å². The molecule has 3 unspecified atom stereocenters. The van der Waals surface area contributed by atoms with Crippen LogP contribution in [0.3, 0.4) is 0 Å². The summed E-state index contributed by atoms with van der Waals surface area (Å²) in [6.45, 7) is 0. The van der Waals surface area contributed by atoms with Crippen molar-refractivity contribution in [2.45, 2.75) is 41.8 Å². The summed E-state index contributed by atoms with van der Waals surface area (Å²) in [5, 5.41) is 4.38. The lowest BCUT2D eigenvalue weighted by Crippen LogP contribution is -2.47. The van der Waals surface area contributed by atoms with Crippen LogP contribution < -0.4 is 15.9 Å². The molecule has 1 aliphatic heterocycles. The first-order valence-electron chi connectivity index (χ1n) is 11.3. The molecule has 2 aliphatic rings. The van der Waals surface area contributed by atoms with Gasteiger partial charge < -0.3 is 0 Å². The van der Waals surface area contributed by atoms with Gasteiger partial charge in [-0.2, -0.15) is 0 Å². The average Bonchev–Trinajstić information content (AvgIpc) is 2.84. The molecule has 31 heavy (non-hydrogen) atoms. The summed E-state index contributed by atoms with van der Waals surface area (Å²) >= 11 is 2.02. The normalized spacial score (nSPS) is 26.6. The Labute approximate surface area is 193 Å². The predicted octanol–water partition coefficient (Wildman–Crippen LogP) is 5.51. The third kappa shape index (κ3) is 3.84. The maximum Gasteiger partial charge on any atom is 0.115 e. The van der Waals surface area contributed by atoms with E-state index in [1.54, 1.807) is 0 Å². The van der Waals surface area contributed by atoms with Crippen molar-refractivity contribution < 1.29 is 4.21 Å². The first kappa shape index (κ1) is 21.4. The van der Waals surface area contributed by atoms with Crippen LogP contribution in [0.15, 0.2) is 91.0 Å². The third-order valence-electron chi connectivity index (χ3n) is 6.93. The molecule has 0 N–H and O–H groups in total. The Morgan fingerprint density at radius 2 is 1.29 bits per heavy atom. The minimum absolute atomic E-state index is 0.0508. The van der Waals surface area contributed by atoms with E-state index in [-0.39, 0.29) is 4.08 Å². The van der Waals surface area contributed by atoms with E-state index in [4.69, 9.17) is 0 Å². The van der Waals surface area contributed by atoms with Crippen molar-refractivity contribution >= 4 is 45.7 Å².